The number of likely N-dealkylation sites (tertiary alicyclic amines) is 1. The van der Waals surface area contributed by atoms with Crippen LogP contribution < -0.4 is 15.8 Å². The third kappa shape index (κ3) is 5.52. The van der Waals surface area contributed by atoms with Gasteiger partial charge in [0.2, 0.25) is 21.8 Å². The van der Waals surface area contributed by atoms with Crippen molar-refractivity contribution in [2.45, 2.75) is 65.1 Å². The summed E-state index contributed by atoms with van der Waals surface area (Å²) in [6.07, 6.45) is 2.56. The van der Waals surface area contributed by atoms with Gasteiger partial charge in [-0.1, -0.05) is 13.8 Å². The minimum atomic E-state index is -3.89. The molecule has 4 unspecified atom stereocenters. The number of hydrogen-bond donors (Lipinski definition) is 4. The SMILES string of the molecule is CCOC1C(NC(=O)CN(C)C(=O)CNS(=O)(=O)CC23CCC(CC2=O)C3(C)C)CCCN1C(=N)N. The van der Waals surface area contributed by atoms with Crippen molar-refractivity contribution in [1.82, 2.24) is 19.8 Å². The highest BCUT2D eigenvalue weighted by molar-refractivity contribution is 7.89. The first-order valence-electron chi connectivity index (χ1n) is 12.5. The molecule has 2 amide bonds. The van der Waals surface area contributed by atoms with Gasteiger partial charge < -0.3 is 25.6 Å². The summed E-state index contributed by atoms with van der Waals surface area (Å²) in [5, 5.41) is 10.6. The van der Waals surface area contributed by atoms with E-state index in [2.05, 4.69) is 10.0 Å². The maximum absolute atomic E-state index is 12.8. The Morgan fingerprint density at radius 2 is 2.00 bits per heavy atom. The smallest absolute Gasteiger partial charge is 0.239 e. The lowest BCUT2D eigenvalue weighted by Crippen LogP contribution is -2.60. The summed E-state index contributed by atoms with van der Waals surface area (Å²) >= 11 is 0. The number of ether oxygens (including phenoxy) is 1. The van der Waals surface area contributed by atoms with Crippen molar-refractivity contribution in [2.24, 2.45) is 22.5 Å². The normalized spacial score (nSPS) is 29.3. The van der Waals surface area contributed by atoms with E-state index in [1.165, 1.54) is 7.05 Å². The van der Waals surface area contributed by atoms with Crippen LogP contribution in [0.2, 0.25) is 0 Å². The Kier molecular flexibility index (Phi) is 8.36. The van der Waals surface area contributed by atoms with Gasteiger partial charge in [-0.25, -0.2) is 13.1 Å². The van der Waals surface area contributed by atoms with Crippen LogP contribution in [0.4, 0.5) is 0 Å². The average molecular weight is 529 g/mol. The van der Waals surface area contributed by atoms with E-state index in [9.17, 15) is 22.8 Å². The van der Waals surface area contributed by atoms with E-state index >= 15 is 0 Å². The van der Waals surface area contributed by atoms with Crippen LogP contribution in [-0.2, 0) is 29.1 Å². The van der Waals surface area contributed by atoms with E-state index in [4.69, 9.17) is 15.9 Å². The number of nitrogens with two attached hydrogens (primary N) is 1. The van der Waals surface area contributed by atoms with Gasteiger partial charge in [0.05, 0.1) is 24.9 Å². The first-order chi connectivity index (χ1) is 16.7. The maximum atomic E-state index is 12.8. The summed E-state index contributed by atoms with van der Waals surface area (Å²) in [6, 6.07) is -0.404. The van der Waals surface area contributed by atoms with Crippen molar-refractivity contribution >= 4 is 33.6 Å². The first-order valence-corrected chi connectivity index (χ1v) is 14.2. The Hall–Kier alpha value is -2.25. The van der Waals surface area contributed by atoms with Crippen LogP contribution in [0.1, 0.15) is 52.9 Å². The molecule has 0 radical (unpaired) electrons. The Morgan fingerprint density at radius 3 is 2.56 bits per heavy atom. The summed E-state index contributed by atoms with van der Waals surface area (Å²) in [5.41, 5.74) is 4.34. The summed E-state index contributed by atoms with van der Waals surface area (Å²) in [5.74, 6) is -1.27. The van der Waals surface area contributed by atoms with Crippen LogP contribution in [0.5, 0.6) is 0 Å². The van der Waals surface area contributed by atoms with Crippen molar-refractivity contribution in [3.63, 3.8) is 0 Å². The number of nitrogens with zero attached hydrogens (tertiary/aromatic N) is 2. The molecular formula is C23H40N6O6S. The second-order valence-electron chi connectivity index (χ2n) is 10.7. The van der Waals surface area contributed by atoms with Crippen LogP contribution in [-0.4, -0.2) is 93.1 Å². The second kappa shape index (κ2) is 10.6. The monoisotopic (exact) mass is 528 g/mol. The number of sulfonamides is 1. The van der Waals surface area contributed by atoms with Gasteiger partial charge in [-0.3, -0.25) is 19.8 Å². The number of rotatable bonds is 10. The van der Waals surface area contributed by atoms with Crippen molar-refractivity contribution in [2.75, 3.05) is 39.0 Å². The molecule has 0 spiro atoms. The molecule has 1 heterocycles. The molecule has 13 heteroatoms. The quantitative estimate of drug-likeness (QED) is 0.219. The highest BCUT2D eigenvalue weighted by atomic mass is 32.2. The number of Topliss-reactive ketones (excluding diaryl/α,β-unsaturated/α-hetero) is 1. The van der Waals surface area contributed by atoms with E-state index in [-0.39, 0.29) is 30.0 Å². The molecule has 3 rings (SSSR count). The van der Waals surface area contributed by atoms with Crippen molar-refractivity contribution in [3.05, 3.63) is 0 Å². The van der Waals surface area contributed by atoms with E-state index < -0.39 is 51.5 Å². The molecule has 2 aliphatic carbocycles. The third-order valence-corrected chi connectivity index (χ3v) is 9.84. The second-order valence-corrected chi connectivity index (χ2v) is 12.5. The van der Waals surface area contributed by atoms with Gasteiger partial charge in [-0.05, 0) is 43.9 Å². The molecule has 12 nitrogen and oxygen atoms in total. The molecule has 5 N–H and O–H groups in total. The number of likely N-dealkylation sites (N-methyl/N-ethyl adjacent to an activating group) is 1. The van der Waals surface area contributed by atoms with Crippen LogP contribution in [0.25, 0.3) is 0 Å². The van der Waals surface area contributed by atoms with Crippen LogP contribution >= 0.6 is 0 Å². The van der Waals surface area contributed by atoms with E-state index in [0.717, 1.165) is 11.3 Å². The summed E-state index contributed by atoms with van der Waals surface area (Å²) in [7, 11) is -2.47. The fourth-order valence-electron chi connectivity index (χ4n) is 6.09. The maximum Gasteiger partial charge on any atom is 0.239 e. The number of hydrogen-bond acceptors (Lipinski definition) is 7. The van der Waals surface area contributed by atoms with E-state index in [1.807, 2.05) is 20.8 Å². The van der Waals surface area contributed by atoms with Gasteiger partial charge in [-0.15, -0.1) is 0 Å². The van der Waals surface area contributed by atoms with E-state index in [1.54, 1.807) is 4.90 Å². The average Bonchev–Trinajstić information content (AvgIpc) is 3.12. The molecule has 1 saturated heterocycles. The number of fused-ring (bicyclic) bond motifs is 2. The minimum Gasteiger partial charge on any atom is -0.370 e. The molecule has 0 aromatic heterocycles. The van der Waals surface area contributed by atoms with Crippen molar-refractivity contribution in [3.8, 4) is 0 Å². The summed E-state index contributed by atoms with van der Waals surface area (Å²) < 4.78 is 33.7. The van der Waals surface area contributed by atoms with Gasteiger partial charge in [0.1, 0.15) is 5.78 Å². The van der Waals surface area contributed by atoms with Gasteiger partial charge in [0.25, 0.3) is 0 Å². The van der Waals surface area contributed by atoms with Crippen LogP contribution in [0.15, 0.2) is 0 Å². The number of carbonyl (C=O) groups excluding carboxylic acids is 3. The van der Waals surface area contributed by atoms with Gasteiger partial charge in [0, 0.05) is 32.0 Å². The zero-order valence-electron chi connectivity index (χ0n) is 21.6. The first kappa shape index (κ1) is 28.3. The molecule has 0 aromatic carbocycles. The summed E-state index contributed by atoms with van der Waals surface area (Å²) in [6.45, 7) is 5.89. The number of guanidine groups is 1. The third-order valence-electron chi connectivity index (χ3n) is 8.38. The Morgan fingerprint density at radius 1 is 1.31 bits per heavy atom. The Balaban J connectivity index is 1.52. The topological polar surface area (TPSA) is 175 Å². The molecule has 204 valence electrons. The van der Waals surface area contributed by atoms with Gasteiger partial charge in [0.15, 0.2) is 12.2 Å². The highest BCUT2D eigenvalue weighted by Gasteiger charge is 2.65. The van der Waals surface area contributed by atoms with Crippen molar-refractivity contribution < 1.29 is 27.5 Å². The van der Waals surface area contributed by atoms with Gasteiger partial charge >= 0.3 is 0 Å². The molecular weight excluding hydrogens is 488 g/mol. The Labute approximate surface area is 213 Å². The zero-order valence-corrected chi connectivity index (χ0v) is 22.4. The lowest BCUT2D eigenvalue weighted by Gasteiger charge is -2.41. The number of ketones is 1. The lowest BCUT2D eigenvalue weighted by molar-refractivity contribution is -0.135. The standard InChI is InChI=1S/C23H40N6O6S/c1-5-35-20-16(7-6-10-29(20)21(24)25)27-18(31)13-28(4)19(32)12-26-36(33,34)14-23-9-8-15(11-17(23)30)22(23,2)3/h15-16,20,26H,5-14H2,1-4H3,(H3,24,25)(H,27,31). The molecule has 3 fully saturated rings. The predicted octanol–water partition coefficient (Wildman–Crippen LogP) is -0.404. The molecule has 4 atom stereocenters. The number of carbonyl (C=O) groups is 3. The lowest BCUT2D eigenvalue weighted by atomic mass is 9.70. The molecule has 36 heavy (non-hydrogen) atoms. The fraction of sp³-hybridized carbons (Fsp3) is 0.826. The minimum absolute atomic E-state index is 0.00866. The fourth-order valence-corrected chi connectivity index (χ4v) is 7.86. The number of piperidine rings is 1. The van der Waals surface area contributed by atoms with Crippen molar-refractivity contribution in [1.29, 1.82) is 5.41 Å². The van der Waals surface area contributed by atoms with Crippen LogP contribution in [0.3, 0.4) is 0 Å². The number of nitrogens with one attached hydrogen (secondary N) is 3. The molecule has 0 aromatic rings. The molecule has 3 aliphatic rings. The summed E-state index contributed by atoms with van der Waals surface area (Å²) in [4.78, 5) is 40.6. The molecule has 1 aliphatic heterocycles. The zero-order chi connectivity index (χ0) is 26.9. The molecule has 2 saturated carbocycles. The largest absolute Gasteiger partial charge is 0.370 e. The molecule has 2 bridgehead atoms. The number of amides is 2. The van der Waals surface area contributed by atoms with Gasteiger partial charge in [-0.2, -0.15) is 0 Å². The highest BCUT2D eigenvalue weighted by Crippen LogP contribution is 2.64. The predicted molar refractivity (Wildman–Crippen MR) is 133 cm³/mol. The van der Waals surface area contributed by atoms with Crippen LogP contribution in [0, 0.1) is 22.2 Å². The Bertz CT molecular complexity index is 1000. The van der Waals surface area contributed by atoms with E-state index in [0.29, 0.717) is 38.8 Å².